The number of benzene rings is 2. The lowest BCUT2D eigenvalue weighted by atomic mass is 9.98. The van der Waals surface area contributed by atoms with E-state index in [1.54, 1.807) is 0 Å². The van der Waals surface area contributed by atoms with E-state index in [0.29, 0.717) is 19.7 Å². The van der Waals surface area contributed by atoms with Crippen molar-refractivity contribution in [3.63, 3.8) is 0 Å². The molecule has 0 N–H and O–H groups in total. The first-order chi connectivity index (χ1) is 13.3. The smallest absolute Gasteiger partial charge is 0.409 e. The van der Waals surface area contributed by atoms with Crippen LogP contribution < -0.4 is 4.90 Å². The van der Waals surface area contributed by atoms with Crippen LogP contribution in [-0.2, 0) is 11.2 Å². The molecular weight excluding hydrogens is 348 g/mol. The van der Waals surface area contributed by atoms with Gasteiger partial charge in [0, 0.05) is 38.3 Å². The quantitative estimate of drug-likeness (QED) is 0.769. The minimum Gasteiger partial charge on any atom is -0.449 e. The van der Waals surface area contributed by atoms with Crippen molar-refractivity contribution in [2.75, 3.05) is 37.7 Å². The lowest BCUT2D eigenvalue weighted by molar-refractivity contribution is 0.101. The van der Waals surface area contributed by atoms with Gasteiger partial charge in [0.15, 0.2) is 0 Å². The summed E-state index contributed by atoms with van der Waals surface area (Å²) in [6.45, 7) is 14.2. The molecule has 1 fully saturated rings. The zero-order valence-corrected chi connectivity index (χ0v) is 17.8. The summed E-state index contributed by atoms with van der Waals surface area (Å²) in [6.07, 6.45) is 0.578. The minimum absolute atomic E-state index is 0.192. The van der Waals surface area contributed by atoms with Crippen molar-refractivity contribution in [1.29, 1.82) is 0 Å². The molecule has 1 saturated heterocycles. The van der Waals surface area contributed by atoms with Gasteiger partial charge in [-0.25, -0.2) is 4.79 Å². The van der Waals surface area contributed by atoms with Crippen LogP contribution in [0.1, 0.15) is 33.4 Å². The summed E-state index contributed by atoms with van der Waals surface area (Å²) < 4.78 is 5.57. The third-order valence-corrected chi connectivity index (χ3v) is 5.65. The van der Waals surface area contributed by atoms with Crippen molar-refractivity contribution < 1.29 is 9.53 Å². The molecule has 0 bridgehead atoms. The summed E-state index contributed by atoms with van der Waals surface area (Å²) in [4.78, 5) is 16.6. The first kappa shape index (κ1) is 20.2. The molecule has 0 saturated carbocycles. The SMILES string of the molecule is Cc1ccc(N2CCN(C(=O)OCCc3c(C)cc(C)cc3C)CC2)c(C)c1. The average molecular weight is 381 g/mol. The van der Waals surface area contributed by atoms with E-state index in [1.807, 2.05) is 4.90 Å². The Morgan fingerprint density at radius 1 is 0.857 bits per heavy atom. The topological polar surface area (TPSA) is 32.8 Å². The van der Waals surface area contributed by atoms with Crippen LogP contribution in [-0.4, -0.2) is 43.8 Å². The van der Waals surface area contributed by atoms with Gasteiger partial charge in [-0.3, -0.25) is 0 Å². The molecule has 4 nitrogen and oxygen atoms in total. The maximum atomic E-state index is 12.5. The normalized spacial score (nSPS) is 14.3. The van der Waals surface area contributed by atoms with Crippen molar-refractivity contribution in [2.45, 2.75) is 41.0 Å². The highest BCUT2D eigenvalue weighted by Gasteiger charge is 2.23. The predicted octanol–water partition coefficient (Wildman–Crippen LogP) is 4.73. The number of hydrogen-bond acceptors (Lipinski definition) is 3. The Hall–Kier alpha value is -2.49. The lowest BCUT2D eigenvalue weighted by Gasteiger charge is -2.36. The number of nitrogens with zero attached hydrogens (tertiary/aromatic N) is 2. The summed E-state index contributed by atoms with van der Waals surface area (Å²) in [5.41, 5.74) is 8.95. The standard InChI is InChI=1S/C24H32N2O2/c1-17-6-7-23(21(5)14-17)25-9-11-26(12-10-25)24(27)28-13-8-22-19(3)15-18(2)16-20(22)4/h6-7,14-16H,8-13H2,1-5H3. The van der Waals surface area contributed by atoms with Gasteiger partial charge in [-0.05, 0) is 62.9 Å². The molecule has 150 valence electrons. The molecule has 2 aromatic carbocycles. The molecule has 28 heavy (non-hydrogen) atoms. The number of ether oxygens (including phenoxy) is 1. The van der Waals surface area contributed by atoms with Crippen molar-refractivity contribution >= 4 is 11.8 Å². The van der Waals surface area contributed by atoms with E-state index in [1.165, 1.54) is 39.1 Å². The Morgan fingerprint density at radius 2 is 1.46 bits per heavy atom. The third kappa shape index (κ3) is 4.67. The van der Waals surface area contributed by atoms with Gasteiger partial charge in [-0.2, -0.15) is 0 Å². The summed E-state index contributed by atoms with van der Waals surface area (Å²) in [5.74, 6) is 0. The van der Waals surface area contributed by atoms with Gasteiger partial charge in [-0.15, -0.1) is 0 Å². The second-order valence-corrected chi connectivity index (χ2v) is 8.01. The van der Waals surface area contributed by atoms with E-state index in [2.05, 4.69) is 69.9 Å². The molecule has 0 atom stereocenters. The Balaban J connectivity index is 1.49. The molecule has 0 unspecified atom stereocenters. The number of carbonyl (C=O) groups is 1. The van der Waals surface area contributed by atoms with Gasteiger partial charge in [-0.1, -0.05) is 35.4 Å². The van der Waals surface area contributed by atoms with Gasteiger partial charge in [0.1, 0.15) is 0 Å². The number of amides is 1. The Labute approximate surface area is 169 Å². The third-order valence-electron chi connectivity index (χ3n) is 5.65. The second kappa shape index (κ2) is 8.68. The molecule has 3 rings (SSSR count). The number of rotatable bonds is 4. The van der Waals surface area contributed by atoms with Crippen LogP contribution in [0.3, 0.4) is 0 Å². The molecule has 1 aliphatic heterocycles. The number of piperazine rings is 1. The van der Waals surface area contributed by atoms with E-state index < -0.39 is 0 Å². The molecule has 0 spiro atoms. The fourth-order valence-corrected chi connectivity index (χ4v) is 4.23. The van der Waals surface area contributed by atoms with Gasteiger partial charge >= 0.3 is 6.09 Å². The molecule has 1 amide bonds. The second-order valence-electron chi connectivity index (χ2n) is 8.01. The van der Waals surface area contributed by atoms with Crippen LogP contribution in [0.25, 0.3) is 0 Å². The summed E-state index contributed by atoms with van der Waals surface area (Å²) >= 11 is 0. The van der Waals surface area contributed by atoms with Crippen molar-refractivity contribution in [1.82, 2.24) is 4.90 Å². The zero-order valence-electron chi connectivity index (χ0n) is 17.8. The first-order valence-electron chi connectivity index (χ1n) is 10.2. The largest absolute Gasteiger partial charge is 0.449 e. The Morgan fingerprint density at radius 3 is 2.07 bits per heavy atom. The molecule has 1 aliphatic rings. The van der Waals surface area contributed by atoms with E-state index in [9.17, 15) is 4.79 Å². The maximum absolute atomic E-state index is 12.5. The van der Waals surface area contributed by atoms with E-state index in [-0.39, 0.29) is 6.09 Å². The highest BCUT2D eigenvalue weighted by Crippen LogP contribution is 2.23. The van der Waals surface area contributed by atoms with Crippen LogP contribution in [0.4, 0.5) is 10.5 Å². The molecule has 0 aliphatic carbocycles. The van der Waals surface area contributed by atoms with Crippen LogP contribution in [0.15, 0.2) is 30.3 Å². The summed E-state index contributed by atoms with van der Waals surface area (Å²) in [6, 6.07) is 10.9. The van der Waals surface area contributed by atoms with E-state index in [4.69, 9.17) is 4.74 Å². The number of hydrogen-bond donors (Lipinski definition) is 0. The molecule has 0 radical (unpaired) electrons. The predicted molar refractivity (Wildman–Crippen MR) is 115 cm³/mol. The van der Waals surface area contributed by atoms with Gasteiger partial charge in [0.2, 0.25) is 0 Å². The molecule has 1 heterocycles. The van der Waals surface area contributed by atoms with Crippen LogP contribution in [0.2, 0.25) is 0 Å². The van der Waals surface area contributed by atoms with E-state index in [0.717, 1.165) is 19.5 Å². The number of aryl methyl sites for hydroxylation is 5. The average Bonchev–Trinajstić information content (AvgIpc) is 2.64. The number of carbonyl (C=O) groups excluding carboxylic acids is 1. The molecular formula is C24H32N2O2. The van der Waals surface area contributed by atoms with Crippen LogP contribution >= 0.6 is 0 Å². The number of anilines is 1. The first-order valence-corrected chi connectivity index (χ1v) is 10.2. The molecule has 2 aromatic rings. The Bertz CT molecular complexity index is 829. The fourth-order valence-electron chi connectivity index (χ4n) is 4.23. The minimum atomic E-state index is -0.192. The Kier molecular flexibility index (Phi) is 6.28. The highest BCUT2D eigenvalue weighted by molar-refractivity contribution is 5.68. The van der Waals surface area contributed by atoms with Crippen LogP contribution in [0, 0.1) is 34.6 Å². The van der Waals surface area contributed by atoms with Crippen molar-refractivity contribution in [2.24, 2.45) is 0 Å². The monoisotopic (exact) mass is 380 g/mol. The zero-order chi connectivity index (χ0) is 20.3. The van der Waals surface area contributed by atoms with Crippen molar-refractivity contribution in [3.8, 4) is 0 Å². The van der Waals surface area contributed by atoms with Gasteiger partial charge < -0.3 is 14.5 Å². The van der Waals surface area contributed by atoms with Gasteiger partial charge in [0.25, 0.3) is 0 Å². The maximum Gasteiger partial charge on any atom is 0.409 e. The fraction of sp³-hybridized carbons (Fsp3) is 0.458. The van der Waals surface area contributed by atoms with Crippen molar-refractivity contribution in [3.05, 3.63) is 63.7 Å². The summed E-state index contributed by atoms with van der Waals surface area (Å²) in [7, 11) is 0. The molecule has 0 aromatic heterocycles. The lowest BCUT2D eigenvalue weighted by Crippen LogP contribution is -2.49. The van der Waals surface area contributed by atoms with Gasteiger partial charge in [0.05, 0.1) is 6.61 Å². The van der Waals surface area contributed by atoms with Crippen LogP contribution in [0.5, 0.6) is 0 Å². The highest BCUT2D eigenvalue weighted by atomic mass is 16.6. The van der Waals surface area contributed by atoms with E-state index >= 15 is 0 Å². The molecule has 4 heteroatoms. The summed E-state index contributed by atoms with van der Waals surface area (Å²) in [5, 5.41) is 0.